The summed E-state index contributed by atoms with van der Waals surface area (Å²) in [6.45, 7) is 5.60. The maximum Gasteiger partial charge on any atom is 0.276 e. The molecule has 1 atom stereocenters. The minimum Gasteiger partial charge on any atom is -0.360 e. The number of hydrogen-bond acceptors (Lipinski definition) is 4. The zero-order chi connectivity index (χ0) is 13.6. The first-order chi connectivity index (χ1) is 8.97. The van der Waals surface area contributed by atoms with Crippen LogP contribution in [0.5, 0.6) is 0 Å². The molecule has 1 saturated heterocycles. The summed E-state index contributed by atoms with van der Waals surface area (Å²) in [4.78, 5) is 14.3. The number of hydrogen-bond donors (Lipinski definition) is 1. The maximum atomic E-state index is 12.4. The molecule has 1 unspecified atom stereocenters. The molecule has 3 rings (SSSR count). The minimum absolute atomic E-state index is 0.0318. The lowest BCUT2D eigenvalue weighted by Crippen LogP contribution is -2.54. The molecule has 19 heavy (non-hydrogen) atoms. The van der Waals surface area contributed by atoms with Crippen molar-refractivity contribution < 1.29 is 9.32 Å². The third-order valence-electron chi connectivity index (χ3n) is 4.33. The van der Waals surface area contributed by atoms with Crippen LogP contribution in [0.25, 0.3) is 0 Å². The van der Waals surface area contributed by atoms with Gasteiger partial charge in [0.1, 0.15) is 5.76 Å². The van der Waals surface area contributed by atoms with Crippen LogP contribution in [0.2, 0.25) is 0 Å². The molecule has 2 fully saturated rings. The Morgan fingerprint density at radius 3 is 2.84 bits per heavy atom. The second-order valence-electron chi connectivity index (χ2n) is 6.50. The summed E-state index contributed by atoms with van der Waals surface area (Å²) in [7, 11) is 0. The molecule has 5 heteroatoms. The van der Waals surface area contributed by atoms with E-state index in [-0.39, 0.29) is 17.4 Å². The minimum atomic E-state index is -0.0447. The molecule has 2 heterocycles. The molecule has 0 radical (unpaired) electrons. The van der Waals surface area contributed by atoms with Gasteiger partial charge in [0.05, 0.1) is 0 Å². The largest absolute Gasteiger partial charge is 0.360 e. The standard InChI is InChI=1S/C14H21N3O2/c1-14(2)8-17(6-5-12(14)15)13(18)10-7-11(19-16-10)9-3-4-9/h7,9,12H,3-6,8,15H2,1-2H3. The third kappa shape index (κ3) is 2.39. The van der Waals surface area contributed by atoms with Gasteiger partial charge in [-0.05, 0) is 24.7 Å². The summed E-state index contributed by atoms with van der Waals surface area (Å²) in [6.07, 6.45) is 3.13. The first-order valence-corrected chi connectivity index (χ1v) is 6.99. The van der Waals surface area contributed by atoms with Gasteiger partial charge in [0, 0.05) is 31.1 Å². The summed E-state index contributed by atoms with van der Waals surface area (Å²) in [5.74, 6) is 1.31. The van der Waals surface area contributed by atoms with Gasteiger partial charge in [0.25, 0.3) is 5.91 Å². The molecule has 1 aromatic heterocycles. The number of piperidine rings is 1. The molecular weight excluding hydrogens is 242 g/mol. The second-order valence-corrected chi connectivity index (χ2v) is 6.50. The van der Waals surface area contributed by atoms with Gasteiger partial charge in [-0.2, -0.15) is 0 Å². The normalized spacial score (nSPS) is 26.5. The molecule has 2 N–H and O–H groups in total. The van der Waals surface area contributed by atoms with E-state index in [9.17, 15) is 4.79 Å². The highest BCUT2D eigenvalue weighted by Crippen LogP contribution is 2.40. The SMILES string of the molecule is CC1(C)CN(C(=O)c2cc(C3CC3)on2)CCC1N. The highest BCUT2D eigenvalue weighted by atomic mass is 16.5. The van der Waals surface area contributed by atoms with Gasteiger partial charge in [-0.25, -0.2) is 0 Å². The highest BCUT2D eigenvalue weighted by Gasteiger charge is 2.37. The maximum absolute atomic E-state index is 12.4. The molecule has 0 spiro atoms. The number of carbonyl (C=O) groups is 1. The van der Waals surface area contributed by atoms with Gasteiger partial charge < -0.3 is 15.2 Å². The Morgan fingerprint density at radius 1 is 1.47 bits per heavy atom. The topological polar surface area (TPSA) is 72.4 Å². The highest BCUT2D eigenvalue weighted by molar-refractivity contribution is 5.92. The van der Waals surface area contributed by atoms with Crippen molar-refractivity contribution in [2.75, 3.05) is 13.1 Å². The van der Waals surface area contributed by atoms with Crippen molar-refractivity contribution in [1.29, 1.82) is 0 Å². The van der Waals surface area contributed by atoms with Crippen LogP contribution < -0.4 is 5.73 Å². The number of nitrogens with zero attached hydrogens (tertiary/aromatic N) is 2. The monoisotopic (exact) mass is 263 g/mol. The molecule has 1 aliphatic heterocycles. The van der Waals surface area contributed by atoms with E-state index in [1.807, 2.05) is 11.0 Å². The molecule has 0 bridgehead atoms. The average molecular weight is 263 g/mol. The van der Waals surface area contributed by atoms with E-state index >= 15 is 0 Å². The third-order valence-corrected chi connectivity index (χ3v) is 4.33. The number of rotatable bonds is 2. The predicted molar refractivity (Wildman–Crippen MR) is 70.8 cm³/mol. The zero-order valence-electron chi connectivity index (χ0n) is 11.6. The summed E-state index contributed by atoms with van der Waals surface area (Å²) in [5, 5.41) is 3.92. The predicted octanol–water partition coefficient (Wildman–Crippen LogP) is 1.75. The van der Waals surface area contributed by atoms with Gasteiger partial charge in [0.15, 0.2) is 5.69 Å². The molecule has 5 nitrogen and oxygen atoms in total. The van der Waals surface area contributed by atoms with Crippen LogP contribution in [0.3, 0.4) is 0 Å². The van der Waals surface area contributed by atoms with Crippen molar-refractivity contribution in [3.8, 4) is 0 Å². The Hall–Kier alpha value is -1.36. The van der Waals surface area contributed by atoms with Crippen LogP contribution in [0.4, 0.5) is 0 Å². The molecule has 104 valence electrons. The van der Waals surface area contributed by atoms with E-state index in [0.717, 1.165) is 25.0 Å². The van der Waals surface area contributed by atoms with Gasteiger partial charge in [-0.3, -0.25) is 4.79 Å². The van der Waals surface area contributed by atoms with Crippen LogP contribution in [0.1, 0.15) is 55.3 Å². The average Bonchev–Trinajstić information content (AvgIpc) is 3.10. The lowest BCUT2D eigenvalue weighted by molar-refractivity contribution is 0.0523. The van der Waals surface area contributed by atoms with Gasteiger partial charge in [-0.1, -0.05) is 19.0 Å². The van der Waals surface area contributed by atoms with E-state index in [4.69, 9.17) is 10.3 Å². The molecule has 2 aliphatic rings. The quantitative estimate of drug-likeness (QED) is 0.882. The van der Waals surface area contributed by atoms with E-state index in [2.05, 4.69) is 19.0 Å². The van der Waals surface area contributed by atoms with Gasteiger partial charge >= 0.3 is 0 Å². The van der Waals surface area contributed by atoms with Crippen LogP contribution in [0, 0.1) is 5.41 Å². The molecule has 0 aromatic carbocycles. The molecule has 1 aliphatic carbocycles. The van der Waals surface area contributed by atoms with E-state index < -0.39 is 0 Å². The number of carbonyl (C=O) groups excluding carboxylic acids is 1. The number of nitrogens with two attached hydrogens (primary N) is 1. The number of likely N-dealkylation sites (tertiary alicyclic amines) is 1. The molecule has 1 aromatic rings. The summed E-state index contributed by atoms with van der Waals surface area (Å²) in [6, 6.07) is 1.96. The van der Waals surface area contributed by atoms with Gasteiger partial charge in [-0.15, -0.1) is 0 Å². The fourth-order valence-corrected chi connectivity index (χ4v) is 2.66. The van der Waals surface area contributed by atoms with Crippen LogP contribution in [-0.4, -0.2) is 35.1 Å². The van der Waals surface area contributed by atoms with Crippen molar-refractivity contribution in [2.24, 2.45) is 11.1 Å². The molecule has 1 amide bonds. The smallest absolute Gasteiger partial charge is 0.276 e. The summed E-state index contributed by atoms with van der Waals surface area (Å²) in [5.41, 5.74) is 6.49. The Labute approximate surface area is 113 Å². The first-order valence-electron chi connectivity index (χ1n) is 6.99. The van der Waals surface area contributed by atoms with Crippen molar-refractivity contribution in [3.63, 3.8) is 0 Å². The lowest BCUT2D eigenvalue weighted by Gasteiger charge is -2.42. The summed E-state index contributed by atoms with van der Waals surface area (Å²) < 4.78 is 5.25. The molecule has 1 saturated carbocycles. The Morgan fingerprint density at radius 2 is 2.21 bits per heavy atom. The van der Waals surface area contributed by atoms with Gasteiger partial charge in [0.2, 0.25) is 0 Å². The Bertz CT molecular complexity index is 491. The fourth-order valence-electron chi connectivity index (χ4n) is 2.66. The molecular formula is C14H21N3O2. The van der Waals surface area contributed by atoms with Crippen molar-refractivity contribution in [1.82, 2.24) is 10.1 Å². The van der Waals surface area contributed by atoms with Crippen LogP contribution in [-0.2, 0) is 0 Å². The van der Waals surface area contributed by atoms with E-state index in [1.54, 1.807) is 0 Å². The first kappa shape index (κ1) is 12.7. The Kier molecular flexibility index (Phi) is 2.89. The van der Waals surface area contributed by atoms with E-state index in [0.29, 0.717) is 24.7 Å². The number of aromatic nitrogens is 1. The lowest BCUT2D eigenvalue weighted by atomic mass is 9.79. The van der Waals surface area contributed by atoms with Crippen molar-refractivity contribution in [3.05, 3.63) is 17.5 Å². The fraction of sp³-hybridized carbons (Fsp3) is 0.714. The van der Waals surface area contributed by atoms with Crippen molar-refractivity contribution >= 4 is 5.91 Å². The van der Waals surface area contributed by atoms with Crippen LogP contribution >= 0.6 is 0 Å². The second kappa shape index (κ2) is 4.34. The van der Waals surface area contributed by atoms with Crippen LogP contribution in [0.15, 0.2) is 10.6 Å². The number of amides is 1. The Balaban J connectivity index is 1.72. The summed E-state index contributed by atoms with van der Waals surface area (Å²) >= 11 is 0. The zero-order valence-corrected chi connectivity index (χ0v) is 11.6. The van der Waals surface area contributed by atoms with E-state index in [1.165, 1.54) is 0 Å². The van der Waals surface area contributed by atoms with Crippen molar-refractivity contribution in [2.45, 2.75) is 45.1 Å².